The number of hydrogen-bond donors (Lipinski definition) is 2. The summed E-state index contributed by atoms with van der Waals surface area (Å²) in [6, 6.07) is 17.9. The first-order valence-corrected chi connectivity index (χ1v) is 10.2. The number of nitrogens with one attached hydrogen (secondary N) is 2. The molecule has 3 heterocycles. The summed E-state index contributed by atoms with van der Waals surface area (Å²) in [5.74, 6) is 1.11. The molecular weight excluding hydrogens is 394 g/mol. The summed E-state index contributed by atoms with van der Waals surface area (Å²) >= 11 is 1.40. The quantitative estimate of drug-likeness (QED) is 0.361. The summed E-state index contributed by atoms with van der Waals surface area (Å²) in [6.45, 7) is 4.11. The fourth-order valence-electron chi connectivity index (χ4n) is 3.23. The van der Waals surface area contributed by atoms with Crippen LogP contribution < -0.4 is 0 Å². The smallest absolute Gasteiger partial charge is 0.174 e. The summed E-state index contributed by atoms with van der Waals surface area (Å²) in [7, 11) is 0. The Bertz CT molecular complexity index is 1390. The fraction of sp³-hybridized carbons (Fsp3) is 0.0870. The molecule has 0 aliphatic carbocycles. The lowest BCUT2D eigenvalue weighted by Gasteiger charge is -1.97. The number of aromatic amines is 2. The standard InChI is InChI=1S/C23H17N5OS/c1-13-9-19-20(10-14(13)2)26-22(25-19)15(12-24)11-16-7-8-21(29-16)30-23-27-17-5-3-4-6-18(17)28-23/h3-11H,1-2H3,(H,25,26)(H,27,28)/b15-11-. The number of aryl methyl sites for hydroxylation is 2. The van der Waals surface area contributed by atoms with Crippen LogP contribution in [-0.2, 0) is 0 Å². The second-order valence-electron chi connectivity index (χ2n) is 7.03. The normalized spacial score (nSPS) is 12.0. The number of H-pyrrole nitrogens is 2. The maximum absolute atomic E-state index is 9.66. The van der Waals surface area contributed by atoms with Crippen molar-refractivity contribution in [1.29, 1.82) is 5.26 Å². The molecule has 0 atom stereocenters. The average molecular weight is 411 g/mol. The minimum absolute atomic E-state index is 0.413. The van der Waals surface area contributed by atoms with E-state index in [4.69, 9.17) is 4.42 Å². The van der Waals surface area contributed by atoms with E-state index in [-0.39, 0.29) is 0 Å². The lowest BCUT2D eigenvalue weighted by Crippen LogP contribution is -1.84. The van der Waals surface area contributed by atoms with Crippen molar-refractivity contribution < 1.29 is 4.42 Å². The molecular formula is C23H17N5OS. The van der Waals surface area contributed by atoms with Gasteiger partial charge in [0.2, 0.25) is 0 Å². The molecule has 7 heteroatoms. The van der Waals surface area contributed by atoms with Crippen molar-refractivity contribution in [1.82, 2.24) is 19.9 Å². The first-order chi connectivity index (χ1) is 14.6. The molecule has 0 saturated carbocycles. The first-order valence-electron chi connectivity index (χ1n) is 9.40. The van der Waals surface area contributed by atoms with Crippen LogP contribution in [0.15, 0.2) is 63.2 Å². The van der Waals surface area contributed by atoms with Gasteiger partial charge in [0.15, 0.2) is 10.2 Å². The Morgan fingerprint density at radius 2 is 1.83 bits per heavy atom. The van der Waals surface area contributed by atoms with Crippen LogP contribution in [0.25, 0.3) is 33.7 Å². The largest absolute Gasteiger partial charge is 0.450 e. The van der Waals surface area contributed by atoms with Crippen molar-refractivity contribution in [2.45, 2.75) is 24.1 Å². The van der Waals surface area contributed by atoms with Crippen LogP contribution in [0.1, 0.15) is 22.7 Å². The van der Waals surface area contributed by atoms with Crippen LogP contribution in [0, 0.1) is 25.2 Å². The lowest BCUT2D eigenvalue weighted by atomic mass is 10.1. The lowest BCUT2D eigenvalue weighted by molar-refractivity contribution is 0.466. The van der Waals surface area contributed by atoms with Crippen LogP contribution in [0.5, 0.6) is 0 Å². The molecule has 6 nitrogen and oxygen atoms in total. The van der Waals surface area contributed by atoms with Crippen LogP contribution in [0.4, 0.5) is 0 Å². The molecule has 0 amide bonds. The van der Waals surface area contributed by atoms with Crippen LogP contribution >= 0.6 is 11.8 Å². The minimum atomic E-state index is 0.413. The number of aromatic nitrogens is 4. The molecule has 0 aliphatic rings. The van der Waals surface area contributed by atoms with E-state index in [9.17, 15) is 5.26 Å². The number of benzene rings is 2. The predicted molar refractivity (Wildman–Crippen MR) is 118 cm³/mol. The molecule has 0 saturated heterocycles. The van der Waals surface area contributed by atoms with Gasteiger partial charge in [0.05, 0.1) is 27.6 Å². The van der Waals surface area contributed by atoms with Crippen molar-refractivity contribution in [3.63, 3.8) is 0 Å². The predicted octanol–water partition coefficient (Wildman–Crippen LogP) is 5.86. The fourth-order valence-corrected chi connectivity index (χ4v) is 4.00. The van der Waals surface area contributed by atoms with Gasteiger partial charge < -0.3 is 14.4 Å². The number of furan rings is 1. The summed E-state index contributed by atoms with van der Waals surface area (Å²) < 4.78 is 5.88. The number of fused-ring (bicyclic) bond motifs is 2. The van der Waals surface area contributed by atoms with Crippen molar-refractivity contribution >= 4 is 45.5 Å². The Morgan fingerprint density at radius 3 is 2.67 bits per heavy atom. The van der Waals surface area contributed by atoms with Crippen molar-refractivity contribution in [3.8, 4) is 6.07 Å². The molecule has 5 aromatic rings. The maximum Gasteiger partial charge on any atom is 0.174 e. The maximum atomic E-state index is 9.66. The van der Waals surface area contributed by atoms with Crippen LogP contribution in [0.3, 0.4) is 0 Å². The van der Waals surface area contributed by atoms with Crippen LogP contribution in [0.2, 0.25) is 0 Å². The van der Waals surface area contributed by atoms with E-state index in [1.807, 2.05) is 55.5 Å². The van der Waals surface area contributed by atoms with E-state index in [2.05, 4.69) is 32.9 Å². The number of nitriles is 1. The van der Waals surface area contributed by atoms with Crippen molar-refractivity contribution in [3.05, 3.63) is 71.2 Å². The third kappa shape index (κ3) is 3.38. The van der Waals surface area contributed by atoms with E-state index in [0.29, 0.717) is 22.3 Å². The van der Waals surface area contributed by atoms with Gasteiger partial charge in [-0.05, 0) is 73.1 Å². The third-order valence-electron chi connectivity index (χ3n) is 4.93. The first kappa shape index (κ1) is 18.3. The van der Waals surface area contributed by atoms with Crippen molar-refractivity contribution in [2.75, 3.05) is 0 Å². The number of nitrogens with zero attached hydrogens (tertiary/aromatic N) is 3. The Morgan fingerprint density at radius 1 is 1.00 bits per heavy atom. The zero-order valence-electron chi connectivity index (χ0n) is 16.4. The monoisotopic (exact) mass is 411 g/mol. The Labute approximate surface area is 176 Å². The van der Waals surface area contributed by atoms with E-state index >= 15 is 0 Å². The molecule has 2 N–H and O–H groups in total. The van der Waals surface area contributed by atoms with Gasteiger partial charge in [-0.1, -0.05) is 12.1 Å². The molecule has 0 radical (unpaired) electrons. The number of rotatable bonds is 4. The Kier molecular flexibility index (Phi) is 4.42. The van der Waals surface area contributed by atoms with Gasteiger partial charge in [0.25, 0.3) is 0 Å². The zero-order chi connectivity index (χ0) is 20.7. The number of allylic oxidation sites excluding steroid dienone is 1. The molecule has 30 heavy (non-hydrogen) atoms. The topological polar surface area (TPSA) is 94.3 Å². The number of para-hydroxylation sites is 2. The van der Waals surface area contributed by atoms with Crippen molar-refractivity contribution in [2.24, 2.45) is 0 Å². The molecule has 0 bridgehead atoms. The second-order valence-corrected chi connectivity index (χ2v) is 8.02. The molecule has 0 unspecified atom stereocenters. The summed E-state index contributed by atoms with van der Waals surface area (Å²) in [4.78, 5) is 15.6. The summed E-state index contributed by atoms with van der Waals surface area (Å²) in [6.07, 6.45) is 1.69. The van der Waals surface area contributed by atoms with Gasteiger partial charge in [0, 0.05) is 6.08 Å². The molecule has 0 spiro atoms. The highest BCUT2D eigenvalue weighted by Gasteiger charge is 2.12. The molecule has 2 aromatic carbocycles. The van der Waals surface area contributed by atoms with E-state index in [0.717, 1.165) is 27.2 Å². The van der Waals surface area contributed by atoms with Gasteiger partial charge in [-0.15, -0.1) is 0 Å². The molecule has 146 valence electrons. The van der Waals surface area contributed by atoms with Gasteiger partial charge >= 0.3 is 0 Å². The van der Waals surface area contributed by atoms with E-state index in [1.54, 1.807) is 6.08 Å². The van der Waals surface area contributed by atoms with Gasteiger partial charge in [-0.3, -0.25) is 0 Å². The summed E-state index contributed by atoms with van der Waals surface area (Å²) in [5.41, 5.74) is 6.41. The number of imidazole rings is 2. The minimum Gasteiger partial charge on any atom is -0.450 e. The molecule has 3 aromatic heterocycles. The Balaban J connectivity index is 1.42. The average Bonchev–Trinajstić information content (AvgIpc) is 3.44. The Hall–Kier alpha value is -3.76. The zero-order valence-corrected chi connectivity index (χ0v) is 17.2. The van der Waals surface area contributed by atoms with Gasteiger partial charge in [0.1, 0.15) is 17.7 Å². The molecule has 0 fully saturated rings. The highest BCUT2D eigenvalue weighted by atomic mass is 32.2. The van der Waals surface area contributed by atoms with E-state index < -0.39 is 0 Å². The summed E-state index contributed by atoms with van der Waals surface area (Å²) in [5, 5.41) is 11.1. The van der Waals surface area contributed by atoms with Crippen LogP contribution in [-0.4, -0.2) is 19.9 Å². The third-order valence-corrected chi connectivity index (χ3v) is 5.73. The molecule has 5 rings (SSSR count). The highest BCUT2D eigenvalue weighted by Crippen LogP contribution is 2.30. The molecule has 0 aliphatic heterocycles. The van der Waals surface area contributed by atoms with Gasteiger partial charge in [-0.2, -0.15) is 5.26 Å². The van der Waals surface area contributed by atoms with Gasteiger partial charge in [-0.25, -0.2) is 9.97 Å². The van der Waals surface area contributed by atoms with E-state index in [1.165, 1.54) is 22.9 Å². The highest BCUT2D eigenvalue weighted by molar-refractivity contribution is 7.99. The second kappa shape index (κ2) is 7.25. The SMILES string of the molecule is Cc1cc2nc(/C(C#N)=C\c3ccc(Sc4nc5ccccc5[nH]4)o3)[nH]c2cc1C. The number of hydrogen-bond acceptors (Lipinski definition) is 5.